The first-order valence-electron chi connectivity index (χ1n) is 8.00. The fraction of sp³-hybridized carbons (Fsp3) is 0.556. The number of benzene rings is 1. The topological polar surface area (TPSA) is 32.3 Å². The summed E-state index contributed by atoms with van der Waals surface area (Å²) >= 11 is 5.36. The van der Waals surface area contributed by atoms with E-state index in [-0.39, 0.29) is 11.3 Å². The Morgan fingerprint density at radius 3 is 2.00 bits per heavy atom. The second-order valence-corrected chi connectivity index (χ2v) is 6.96. The maximum atomic E-state index is 12.3. The molecule has 0 unspecified atom stereocenters. The third kappa shape index (κ3) is 5.41. The zero-order chi connectivity index (χ0) is 16.8. The van der Waals surface area contributed by atoms with E-state index < -0.39 is 0 Å². The molecule has 4 heteroatoms. The second-order valence-electron chi connectivity index (χ2n) is 6.57. The first kappa shape index (κ1) is 18.6. The molecular weight excluding hydrogens is 292 g/mol. The summed E-state index contributed by atoms with van der Waals surface area (Å²) in [6.07, 6.45) is 2.02. The van der Waals surface area contributed by atoms with Crippen LogP contribution in [-0.2, 0) is 5.41 Å². The highest BCUT2D eigenvalue weighted by molar-refractivity contribution is 7.80. The number of hydrogen-bond acceptors (Lipinski definition) is 2. The highest BCUT2D eigenvalue weighted by atomic mass is 32.1. The van der Waals surface area contributed by atoms with Crippen LogP contribution in [-0.4, -0.2) is 29.0 Å². The molecule has 0 heterocycles. The fourth-order valence-electron chi connectivity index (χ4n) is 2.22. The van der Waals surface area contributed by atoms with Gasteiger partial charge in [0.25, 0.3) is 5.91 Å². The van der Waals surface area contributed by atoms with Gasteiger partial charge in [0.15, 0.2) is 5.11 Å². The molecule has 0 spiro atoms. The summed E-state index contributed by atoms with van der Waals surface area (Å²) in [4.78, 5) is 14.4. The van der Waals surface area contributed by atoms with Gasteiger partial charge in [-0.2, -0.15) is 0 Å². The van der Waals surface area contributed by atoms with E-state index in [0.717, 1.165) is 25.9 Å². The van der Waals surface area contributed by atoms with E-state index in [2.05, 4.69) is 44.8 Å². The van der Waals surface area contributed by atoms with Crippen molar-refractivity contribution in [3.8, 4) is 0 Å². The predicted octanol–water partition coefficient (Wildman–Crippen LogP) is 4.12. The van der Waals surface area contributed by atoms with E-state index in [4.69, 9.17) is 12.2 Å². The molecule has 0 aromatic heterocycles. The second kappa shape index (κ2) is 8.28. The van der Waals surface area contributed by atoms with E-state index in [1.165, 1.54) is 5.56 Å². The summed E-state index contributed by atoms with van der Waals surface area (Å²) in [6, 6.07) is 7.74. The van der Waals surface area contributed by atoms with E-state index in [1.54, 1.807) is 0 Å². The molecule has 1 aromatic carbocycles. The van der Waals surface area contributed by atoms with Crippen molar-refractivity contribution in [3.63, 3.8) is 0 Å². The maximum Gasteiger partial charge on any atom is 0.257 e. The molecule has 0 bridgehead atoms. The Labute approximate surface area is 140 Å². The van der Waals surface area contributed by atoms with Crippen LogP contribution in [0.25, 0.3) is 0 Å². The van der Waals surface area contributed by atoms with Crippen LogP contribution < -0.4 is 5.32 Å². The van der Waals surface area contributed by atoms with Crippen molar-refractivity contribution in [2.24, 2.45) is 0 Å². The lowest BCUT2D eigenvalue weighted by molar-refractivity contribution is 0.0973. The molecule has 0 fully saturated rings. The molecule has 0 saturated heterocycles. The van der Waals surface area contributed by atoms with Crippen molar-refractivity contribution < 1.29 is 4.79 Å². The summed E-state index contributed by atoms with van der Waals surface area (Å²) in [5.41, 5.74) is 1.94. The summed E-state index contributed by atoms with van der Waals surface area (Å²) in [5, 5.41) is 3.36. The Balaban J connectivity index is 2.73. The van der Waals surface area contributed by atoms with Gasteiger partial charge in [0, 0.05) is 18.7 Å². The van der Waals surface area contributed by atoms with Crippen molar-refractivity contribution in [1.29, 1.82) is 0 Å². The molecule has 1 rings (SSSR count). The van der Waals surface area contributed by atoms with Crippen LogP contribution in [0.1, 0.15) is 63.4 Å². The first-order chi connectivity index (χ1) is 10.3. The average Bonchev–Trinajstić information content (AvgIpc) is 2.46. The number of nitrogens with one attached hydrogen (secondary N) is 1. The first-order valence-corrected chi connectivity index (χ1v) is 8.41. The molecule has 1 N–H and O–H groups in total. The van der Waals surface area contributed by atoms with Crippen LogP contribution >= 0.6 is 12.2 Å². The summed E-state index contributed by atoms with van der Waals surface area (Å²) in [6.45, 7) is 12.4. The van der Waals surface area contributed by atoms with Gasteiger partial charge in [-0.05, 0) is 48.2 Å². The minimum Gasteiger partial charge on any atom is -0.349 e. The summed E-state index contributed by atoms with van der Waals surface area (Å²) in [5.74, 6) is -0.136. The van der Waals surface area contributed by atoms with Gasteiger partial charge in [-0.3, -0.25) is 10.1 Å². The number of rotatable bonds is 5. The van der Waals surface area contributed by atoms with Gasteiger partial charge in [-0.15, -0.1) is 0 Å². The van der Waals surface area contributed by atoms with E-state index in [9.17, 15) is 4.79 Å². The van der Waals surface area contributed by atoms with Gasteiger partial charge in [0.2, 0.25) is 0 Å². The Bertz CT molecular complexity index is 497. The number of carbonyl (C=O) groups is 1. The molecule has 1 aromatic rings. The average molecular weight is 321 g/mol. The summed E-state index contributed by atoms with van der Waals surface area (Å²) in [7, 11) is 0. The number of amides is 1. The zero-order valence-corrected chi connectivity index (χ0v) is 15.2. The minimum atomic E-state index is -0.136. The predicted molar refractivity (Wildman–Crippen MR) is 97.4 cm³/mol. The van der Waals surface area contributed by atoms with Crippen LogP contribution in [0.2, 0.25) is 0 Å². The van der Waals surface area contributed by atoms with Gasteiger partial charge in [0.05, 0.1) is 0 Å². The molecule has 3 nitrogen and oxygen atoms in total. The maximum absolute atomic E-state index is 12.3. The number of hydrogen-bond donors (Lipinski definition) is 1. The monoisotopic (exact) mass is 320 g/mol. The smallest absolute Gasteiger partial charge is 0.257 e. The van der Waals surface area contributed by atoms with Crippen molar-refractivity contribution >= 4 is 23.2 Å². The summed E-state index contributed by atoms with van der Waals surface area (Å²) < 4.78 is 0. The van der Waals surface area contributed by atoms with Gasteiger partial charge in [-0.25, -0.2) is 0 Å². The molecule has 0 saturated carbocycles. The number of thiocarbonyl (C=S) groups is 1. The lowest BCUT2D eigenvalue weighted by Crippen LogP contribution is -2.43. The third-order valence-corrected chi connectivity index (χ3v) is 3.87. The van der Waals surface area contributed by atoms with E-state index in [1.807, 2.05) is 24.3 Å². The van der Waals surface area contributed by atoms with E-state index in [0.29, 0.717) is 10.7 Å². The normalized spacial score (nSPS) is 11.1. The molecule has 0 aliphatic heterocycles. The Kier molecular flexibility index (Phi) is 7.01. The zero-order valence-electron chi connectivity index (χ0n) is 14.4. The van der Waals surface area contributed by atoms with Crippen molar-refractivity contribution in [1.82, 2.24) is 10.2 Å². The largest absolute Gasteiger partial charge is 0.349 e. The SMILES string of the molecule is CCCN(CCC)C(=S)NC(=O)c1ccc(C(C)(C)C)cc1. The molecule has 0 aliphatic carbocycles. The highest BCUT2D eigenvalue weighted by Gasteiger charge is 2.16. The lowest BCUT2D eigenvalue weighted by Gasteiger charge is -2.24. The highest BCUT2D eigenvalue weighted by Crippen LogP contribution is 2.22. The molecule has 0 atom stereocenters. The van der Waals surface area contributed by atoms with Crippen LogP contribution in [0, 0.1) is 0 Å². The molecule has 22 heavy (non-hydrogen) atoms. The molecule has 0 radical (unpaired) electrons. The van der Waals surface area contributed by atoms with Crippen LogP contribution in [0.3, 0.4) is 0 Å². The number of nitrogens with zero attached hydrogens (tertiary/aromatic N) is 1. The lowest BCUT2D eigenvalue weighted by atomic mass is 9.87. The van der Waals surface area contributed by atoms with Gasteiger partial charge < -0.3 is 4.90 Å². The fourth-order valence-corrected chi connectivity index (χ4v) is 2.50. The molecular formula is C18H28N2OS. The van der Waals surface area contributed by atoms with E-state index >= 15 is 0 Å². The van der Waals surface area contributed by atoms with Crippen LogP contribution in [0.15, 0.2) is 24.3 Å². The Morgan fingerprint density at radius 1 is 1.09 bits per heavy atom. The minimum absolute atomic E-state index is 0.0867. The van der Waals surface area contributed by atoms with Gasteiger partial charge >= 0.3 is 0 Å². The van der Waals surface area contributed by atoms with Crippen molar-refractivity contribution in [2.75, 3.05) is 13.1 Å². The van der Waals surface area contributed by atoms with Crippen molar-refractivity contribution in [3.05, 3.63) is 35.4 Å². The standard InChI is InChI=1S/C18H28N2OS/c1-6-12-20(13-7-2)17(22)19-16(21)14-8-10-15(11-9-14)18(3,4)5/h8-11H,6-7,12-13H2,1-5H3,(H,19,21,22). The molecule has 0 aliphatic rings. The van der Waals surface area contributed by atoms with Crippen LogP contribution in [0.5, 0.6) is 0 Å². The Hall–Kier alpha value is -1.42. The van der Waals surface area contributed by atoms with Gasteiger partial charge in [0.1, 0.15) is 0 Å². The van der Waals surface area contributed by atoms with Crippen LogP contribution in [0.4, 0.5) is 0 Å². The molecule has 122 valence electrons. The van der Waals surface area contributed by atoms with Gasteiger partial charge in [-0.1, -0.05) is 46.8 Å². The quantitative estimate of drug-likeness (QED) is 0.828. The molecule has 1 amide bonds. The van der Waals surface area contributed by atoms with Crippen molar-refractivity contribution in [2.45, 2.75) is 52.9 Å². The number of carbonyl (C=O) groups excluding carboxylic acids is 1. The third-order valence-electron chi connectivity index (χ3n) is 3.51. The Morgan fingerprint density at radius 2 is 1.59 bits per heavy atom.